The van der Waals surface area contributed by atoms with Gasteiger partial charge in [-0.2, -0.15) is 0 Å². The molecule has 0 heterocycles. The van der Waals surface area contributed by atoms with Gasteiger partial charge in [-0.05, 0) is 141 Å². The van der Waals surface area contributed by atoms with E-state index in [1.165, 1.54) is 51.4 Å². The Morgan fingerprint density at radius 1 is 0.288 bits per heavy atom. The average Bonchev–Trinajstić information content (AvgIpc) is 3.39. The minimum Gasteiger partial charge on any atom is -0.462 e. The van der Waals surface area contributed by atoms with Crippen molar-refractivity contribution in [3.63, 3.8) is 0 Å². The van der Waals surface area contributed by atoms with Gasteiger partial charge >= 0.3 is 17.9 Å². The zero-order valence-electron chi connectivity index (χ0n) is 46.6. The Kier molecular flexibility index (Phi) is 55.5. The van der Waals surface area contributed by atoms with Crippen molar-refractivity contribution in [1.29, 1.82) is 0 Å². The van der Waals surface area contributed by atoms with Crippen molar-refractivity contribution >= 4 is 17.9 Å². The van der Waals surface area contributed by atoms with E-state index in [0.717, 1.165) is 128 Å². The largest absolute Gasteiger partial charge is 0.462 e. The zero-order chi connectivity index (χ0) is 52.9. The van der Waals surface area contributed by atoms with E-state index in [-0.39, 0.29) is 31.6 Å². The predicted octanol–water partition coefficient (Wildman–Crippen LogP) is 19.8. The van der Waals surface area contributed by atoms with E-state index in [1.54, 1.807) is 0 Å². The highest BCUT2D eigenvalue weighted by atomic mass is 16.6. The third-order valence-electron chi connectivity index (χ3n) is 11.5. The van der Waals surface area contributed by atoms with Crippen LogP contribution in [0.5, 0.6) is 0 Å². The molecular formula is C67H104O6. The summed E-state index contributed by atoms with van der Waals surface area (Å²) in [5, 5.41) is 0. The molecule has 0 aromatic rings. The number of hydrogen-bond donors (Lipinski definition) is 0. The monoisotopic (exact) mass is 1000 g/mol. The van der Waals surface area contributed by atoms with Crippen LogP contribution in [0, 0.1) is 0 Å². The van der Waals surface area contributed by atoms with E-state index >= 15 is 0 Å². The number of ether oxygens (including phenoxy) is 3. The average molecular weight is 1010 g/mol. The molecule has 1 atom stereocenters. The van der Waals surface area contributed by atoms with Crippen LogP contribution in [0.4, 0.5) is 0 Å². The fourth-order valence-corrected chi connectivity index (χ4v) is 7.16. The lowest BCUT2D eigenvalue weighted by Crippen LogP contribution is -2.30. The van der Waals surface area contributed by atoms with E-state index in [2.05, 4.69) is 167 Å². The van der Waals surface area contributed by atoms with Gasteiger partial charge in [0.2, 0.25) is 0 Å². The van der Waals surface area contributed by atoms with Crippen LogP contribution in [-0.4, -0.2) is 37.2 Å². The SMILES string of the molecule is CC/C=C\C/C=C\C/C=C\C/C=C\C/C=C\CCCCCC(=O)OC[C@H](COC(=O)CCCCCC/C=C\C/C=C\C/C=C\CCCCC)OC(=O)CC/C=C\C/C=C\C/C=C\C/C=C\C/C=C\CCCCC. The van der Waals surface area contributed by atoms with Crippen molar-refractivity contribution in [2.75, 3.05) is 13.2 Å². The molecule has 408 valence electrons. The molecule has 0 saturated carbocycles. The normalized spacial score (nSPS) is 13.3. The number of unbranched alkanes of at least 4 members (excludes halogenated alkanes) is 13. The smallest absolute Gasteiger partial charge is 0.306 e. The van der Waals surface area contributed by atoms with Crippen LogP contribution in [0.25, 0.3) is 0 Å². The van der Waals surface area contributed by atoms with Gasteiger partial charge in [-0.3, -0.25) is 14.4 Å². The summed E-state index contributed by atoms with van der Waals surface area (Å²) in [6.07, 6.45) is 86.7. The standard InChI is InChI=1S/C67H104O6/c1-4-7-10-13-16-19-22-25-28-31-33-36-39-42-45-48-51-54-57-60-66(69)72-63-64(62-71-65(68)59-56-53-50-47-44-41-38-35-30-27-24-21-18-15-12-9-6-3)73-67(70)61-58-55-52-49-46-43-40-37-34-32-29-26-23-20-17-14-11-8-5-2/h7,10,16-21,25-30,33-34,36-38,41-43,45-46,52,55,64H,4-6,8-9,11-15,22-24,31-32,35,39-40,44,47-51,53-54,56-63H2,1-3H3/b10-7-,19-16-,20-17-,21-18-,28-25-,29-26-,30-27-,36-33-,37-34-,41-38-,45-42-,46-43-,55-52-/t64-/m0/s1. The van der Waals surface area contributed by atoms with Gasteiger partial charge in [0.05, 0.1) is 0 Å². The molecule has 0 aliphatic heterocycles. The number of hydrogen-bond acceptors (Lipinski definition) is 6. The minimum atomic E-state index is -0.850. The Hall–Kier alpha value is -4.97. The number of carbonyl (C=O) groups excluding carboxylic acids is 3. The summed E-state index contributed by atoms with van der Waals surface area (Å²) in [7, 11) is 0. The summed E-state index contributed by atoms with van der Waals surface area (Å²) >= 11 is 0. The molecule has 0 aliphatic rings. The van der Waals surface area contributed by atoms with Gasteiger partial charge in [0.15, 0.2) is 6.10 Å². The highest BCUT2D eigenvalue weighted by molar-refractivity contribution is 5.71. The van der Waals surface area contributed by atoms with Crippen molar-refractivity contribution < 1.29 is 28.6 Å². The maximum absolute atomic E-state index is 12.8. The van der Waals surface area contributed by atoms with Gasteiger partial charge in [-0.25, -0.2) is 0 Å². The van der Waals surface area contributed by atoms with Crippen LogP contribution in [0.15, 0.2) is 158 Å². The Morgan fingerprint density at radius 2 is 0.562 bits per heavy atom. The first kappa shape index (κ1) is 68.0. The Balaban J connectivity index is 4.64. The molecule has 0 spiro atoms. The van der Waals surface area contributed by atoms with E-state index < -0.39 is 12.1 Å². The molecule has 6 heteroatoms. The van der Waals surface area contributed by atoms with Crippen LogP contribution in [0.1, 0.15) is 226 Å². The molecule has 0 aromatic carbocycles. The quantitative estimate of drug-likeness (QED) is 0.0261. The zero-order valence-corrected chi connectivity index (χ0v) is 46.6. The second-order valence-electron chi connectivity index (χ2n) is 18.5. The number of rotatable bonds is 50. The summed E-state index contributed by atoms with van der Waals surface area (Å²) in [5.74, 6) is -1.08. The number of carbonyl (C=O) groups is 3. The highest BCUT2D eigenvalue weighted by Gasteiger charge is 2.19. The van der Waals surface area contributed by atoms with Gasteiger partial charge in [-0.15, -0.1) is 0 Å². The lowest BCUT2D eigenvalue weighted by molar-refractivity contribution is -0.166. The second-order valence-corrected chi connectivity index (χ2v) is 18.5. The Bertz CT molecular complexity index is 1670. The maximum atomic E-state index is 12.8. The molecule has 0 fully saturated rings. The lowest BCUT2D eigenvalue weighted by Gasteiger charge is -2.18. The molecule has 0 N–H and O–H groups in total. The van der Waals surface area contributed by atoms with Crippen LogP contribution in [0.3, 0.4) is 0 Å². The third kappa shape index (κ3) is 57.8. The van der Waals surface area contributed by atoms with Crippen LogP contribution in [-0.2, 0) is 28.6 Å². The molecule has 0 unspecified atom stereocenters. The van der Waals surface area contributed by atoms with E-state index in [1.807, 2.05) is 12.2 Å². The first-order valence-corrected chi connectivity index (χ1v) is 29.0. The van der Waals surface area contributed by atoms with E-state index in [4.69, 9.17) is 14.2 Å². The van der Waals surface area contributed by atoms with Crippen molar-refractivity contribution in [2.24, 2.45) is 0 Å². The molecule has 0 aromatic heterocycles. The van der Waals surface area contributed by atoms with Gasteiger partial charge in [0, 0.05) is 19.3 Å². The predicted molar refractivity (Wildman–Crippen MR) is 315 cm³/mol. The Labute approximate surface area is 448 Å². The molecule has 0 aliphatic carbocycles. The molecule has 0 radical (unpaired) electrons. The highest BCUT2D eigenvalue weighted by Crippen LogP contribution is 2.11. The van der Waals surface area contributed by atoms with Crippen LogP contribution >= 0.6 is 0 Å². The van der Waals surface area contributed by atoms with Gasteiger partial charge in [-0.1, -0.05) is 224 Å². The first-order chi connectivity index (χ1) is 36.0. The summed E-state index contributed by atoms with van der Waals surface area (Å²) in [5.41, 5.74) is 0. The van der Waals surface area contributed by atoms with Crippen LogP contribution in [0.2, 0.25) is 0 Å². The maximum Gasteiger partial charge on any atom is 0.306 e. The Morgan fingerprint density at radius 3 is 0.890 bits per heavy atom. The van der Waals surface area contributed by atoms with Crippen molar-refractivity contribution in [1.82, 2.24) is 0 Å². The molecule has 0 saturated heterocycles. The lowest BCUT2D eigenvalue weighted by atomic mass is 10.1. The summed E-state index contributed by atoms with van der Waals surface area (Å²) in [6, 6.07) is 0. The van der Waals surface area contributed by atoms with Crippen molar-refractivity contribution in [3.05, 3.63) is 158 Å². The van der Waals surface area contributed by atoms with Crippen molar-refractivity contribution in [3.8, 4) is 0 Å². The number of esters is 3. The molecule has 0 amide bonds. The second kappa shape index (κ2) is 59.6. The fraction of sp³-hybridized carbons (Fsp3) is 0.567. The molecule has 0 rings (SSSR count). The fourth-order valence-electron chi connectivity index (χ4n) is 7.16. The minimum absolute atomic E-state index is 0.137. The van der Waals surface area contributed by atoms with Gasteiger partial charge < -0.3 is 14.2 Å². The van der Waals surface area contributed by atoms with Gasteiger partial charge in [0.1, 0.15) is 13.2 Å². The van der Waals surface area contributed by atoms with Crippen molar-refractivity contribution in [2.45, 2.75) is 232 Å². The molecule has 6 nitrogen and oxygen atoms in total. The molecule has 0 bridgehead atoms. The summed E-state index contributed by atoms with van der Waals surface area (Å²) < 4.78 is 16.7. The summed E-state index contributed by atoms with van der Waals surface area (Å²) in [4.78, 5) is 38.2. The summed E-state index contributed by atoms with van der Waals surface area (Å²) in [6.45, 7) is 6.34. The topological polar surface area (TPSA) is 78.9 Å². The molecule has 73 heavy (non-hydrogen) atoms. The third-order valence-corrected chi connectivity index (χ3v) is 11.5. The van der Waals surface area contributed by atoms with Gasteiger partial charge in [0.25, 0.3) is 0 Å². The first-order valence-electron chi connectivity index (χ1n) is 29.0. The van der Waals surface area contributed by atoms with Crippen LogP contribution < -0.4 is 0 Å². The van der Waals surface area contributed by atoms with E-state index in [0.29, 0.717) is 19.3 Å². The molecular weight excluding hydrogens is 901 g/mol. The number of allylic oxidation sites excluding steroid dienone is 26. The van der Waals surface area contributed by atoms with E-state index in [9.17, 15) is 14.4 Å².